The molecule has 0 aromatic rings. The van der Waals surface area contributed by atoms with Gasteiger partial charge in [-0.2, -0.15) is 0 Å². The lowest BCUT2D eigenvalue weighted by atomic mass is 9.96. The Bertz CT molecular complexity index is 245. The number of carbonyl (C=O) groups excluding carboxylic acids is 1. The van der Waals surface area contributed by atoms with E-state index in [1.165, 1.54) is 11.8 Å². The molecule has 5 heteroatoms. The molecule has 1 N–H and O–H groups in total. The Balaban J connectivity index is 2.96. The Kier molecular flexibility index (Phi) is 3.10. The number of hydrogen-bond donors (Lipinski definition) is 1. The fraction of sp³-hybridized carbons (Fsp3) is 0.778. The van der Waals surface area contributed by atoms with Gasteiger partial charge in [-0.3, -0.25) is 4.79 Å². The lowest BCUT2D eigenvalue weighted by Gasteiger charge is -2.35. The minimum atomic E-state index is -1.14. The minimum Gasteiger partial charge on any atom is -0.479 e. The van der Waals surface area contributed by atoms with Crippen LogP contribution in [0, 0.1) is 0 Å². The maximum Gasteiger partial charge on any atom is 0.332 e. The van der Waals surface area contributed by atoms with E-state index in [4.69, 9.17) is 9.84 Å². The van der Waals surface area contributed by atoms with Crippen LogP contribution in [0.5, 0.6) is 0 Å². The summed E-state index contributed by atoms with van der Waals surface area (Å²) in [6, 6.07) is 0. The van der Waals surface area contributed by atoms with E-state index in [0.29, 0.717) is 19.6 Å². The lowest BCUT2D eigenvalue weighted by Crippen LogP contribution is -2.57. The van der Waals surface area contributed by atoms with Crippen LogP contribution >= 0.6 is 0 Å². The molecular formula is C9H15NO4. The van der Waals surface area contributed by atoms with E-state index >= 15 is 0 Å². The van der Waals surface area contributed by atoms with Gasteiger partial charge in [0.25, 0.3) is 0 Å². The molecule has 1 aliphatic heterocycles. The third-order valence-corrected chi connectivity index (χ3v) is 2.61. The Labute approximate surface area is 82.6 Å². The van der Waals surface area contributed by atoms with Crippen LogP contribution in [0.25, 0.3) is 0 Å². The normalized spacial score (nSPS) is 26.1. The summed E-state index contributed by atoms with van der Waals surface area (Å²) in [5.74, 6) is -1.20. The van der Waals surface area contributed by atoms with Crippen LogP contribution in [-0.4, -0.2) is 47.2 Å². The maximum absolute atomic E-state index is 11.3. The molecule has 1 unspecified atom stereocenters. The number of ether oxygens (including phenoxy) is 1. The highest BCUT2D eigenvalue weighted by Crippen LogP contribution is 2.26. The number of carboxylic acids is 1. The molecular weight excluding hydrogens is 186 g/mol. The van der Waals surface area contributed by atoms with E-state index in [1.54, 1.807) is 6.92 Å². The van der Waals surface area contributed by atoms with E-state index in [-0.39, 0.29) is 12.5 Å². The number of carbonyl (C=O) groups is 2. The molecule has 0 aliphatic carbocycles. The summed E-state index contributed by atoms with van der Waals surface area (Å²) < 4.78 is 5.08. The summed E-state index contributed by atoms with van der Waals surface area (Å²) in [6.45, 7) is 4.04. The molecule has 1 rings (SSSR count). The van der Waals surface area contributed by atoms with Gasteiger partial charge in [-0.25, -0.2) is 4.79 Å². The highest BCUT2D eigenvalue weighted by atomic mass is 16.5. The predicted molar refractivity (Wildman–Crippen MR) is 48.9 cm³/mol. The van der Waals surface area contributed by atoms with Gasteiger partial charge in [0.15, 0.2) is 5.54 Å². The third-order valence-electron chi connectivity index (χ3n) is 2.61. The molecule has 1 heterocycles. The van der Waals surface area contributed by atoms with Crippen LogP contribution < -0.4 is 0 Å². The highest BCUT2D eigenvalue weighted by Gasteiger charge is 2.48. The van der Waals surface area contributed by atoms with Crippen LogP contribution in [0.15, 0.2) is 0 Å². The quantitative estimate of drug-likeness (QED) is 0.703. The molecule has 0 spiro atoms. The fourth-order valence-electron chi connectivity index (χ4n) is 1.88. The van der Waals surface area contributed by atoms with Crippen molar-refractivity contribution >= 4 is 11.9 Å². The average molecular weight is 201 g/mol. The van der Waals surface area contributed by atoms with Crippen molar-refractivity contribution in [1.82, 2.24) is 4.90 Å². The van der Waals surface area contributed by atoms with Gasteiger partial charge in [-0.15, -0.1) is 0 Å². The second kappa shape index (κ2) is 3.96. The zero-order valence-corrected chi connectivity index (χ0v) is 8.45. The summed E-state index contributed by atoms with van der Waals surface area (Å²) in [7, 11) is 0. The first-order chi connectivity index (χ1) is 6.54. The zero-order valence-electron chi connectivity index (χ0n) is 8.45. The first-order valence-corrected chi connectivity index (χ1v) is 4.64. The fourth-order valence-corrected chi connectivity index (χ4v) is 1.88. The molecule has 0 radical (unpaired) electrons. The number of carboxylic acid groups (broad SMARTS) is 1. The Morgan fingerprint density at radius 1 is 1.57 bits per heavy atom. The topological polar surface area (TPSA) is 66.8 Å². The van der Waals surface area contributed by atoms with Gasteiger partial charge in [-0.1, -0.05) is 0 Å². The second-order valence-corrected chi connectivity index (χ2v) is 3.40. The van der Waals surface area contributed by atoms with Crippen molar-refractivity contribution in [2.75, 3.05) is 19.8 Å². The van der Waals surface area contributed by atoms with Crippen molar-refractivity contribution in [2.45, 2.75) is 25.8 Å². The average Bonchev–Trinajstić information content (AvgIpc) is 2.54. The molecule has 0 bridgehead atoms. The van der Waals surface area contributed by atoms with Crippen LogP contribution in [0.3, 0.4) is 0 Å². The molecule has 1 saturated heterocycles. The van der Waals surface area contributed by atoms with Crippen LogP contribution in [0.4, 0.5) is 0 Å². The van der Waals surface area contributed by atoms with Gasteiger partial charge >= 0.3 is 5.97 Å². The van der Waals surface area contributed by atoms with Crippen molar-refractivity contribution < 1.29 is 19.4 Å². The smallest absolute Gasteiger partial charge is 0.332 e. The van der Waals surface area contributed by atoms with Gasteiger partial charge in [0.05, 0.1) is 6.61 Å². The molecule has 1 atom stereocenters. The summed E-state index contributed by atoms with van der Waals surface area (Å²) >= 11 is 0. The first-order valence-electron chi connectivity index (χ1n) is 4.64. The molecule has 0 aromatic carbocycles. The number of nitrogens with zero attached hydrogens (tertiary/aromatic N) is 1. The summed E-state index contributed by atoms with van der Waals surface area (Å²) in [4.78, 5) is 23.8. The molecule has 5 nitrogen and oxygen atoms in total. The molecule has 80 valence electrons. The SMILES string of the molecule is CCN(C(C)=O)C1(C(=O)O)CCOC1. The monoisotopic (exact) mass is 201 g/mol. The van der Waals surface area contributed by atoms with Crippen molar-refractivity contribution in [1.29, 1.82) is 0 Å². The van der Waals surface area contributed by atoms with Gasteiger partial charge in [-0.05, 0) is 6.92 Å². The number of hydrogen-bond acceptors (Lipinski definition) is 3. The summed E-state index contributed by atoms with van der Waals surface area (Å²) in [5, 5.41) is 9.14. The number of amides is 1. The van der Waals surface area contributed by atoms with Crippen LogP contribution in [-0.2, 0) is 14.3 Å². The summed E-state index contributed by atoms with van der Waals surface area (Å²) in [5.41, 5.74) is -1.14. The van der Waals surface area contributed by atoms with E-state index < -0.39 is 11.5 Å². The van der Waals surface area contributed by atoms with Gasteiger partial charge in [0, 0.05) is 26.5 Å². The Hall–Kier alpha value is -1.10. The molecule has 1 fully saturated rings. The largest absolute Gasteiger partial charge is 0.479 e. The van der Waals surface area contributed by atoms with Gasteiger partial charge < -0.3 is 14.7 Å². The number of likely N-dealkylation sites (N-methyl/N-ethyl adjacent to an activating group) is 1. The summed E-state index contributed by atoms with van der Waals surface area (Å²) in [6.07, 6.45) is 0.371. The van der Waals surface area contributed by atoms with Crippen LogP contribution in [0.2, 0.25) is 0 Å². The van der Waals surface area contributed by atoms with E-state index in [0.717, 1.165) is 0 Å². The third kappa shape index (κ3) is 1.59. The van der Waals surface area contributed by atoms with Crippen molar-refractivity contribution in [2.24, 2.45) is 0 Å². The molecule has 0 saturated carbocycles. The van der Waals surface area contributed by atoms with Crippen molar-refractivity contribution in [3.63, 3.8) is 0 Å². The molecule has 14 heavy (non-hydrogen) atoms. The molecule has 0 aromatic heterocycles. The number of rotatable bonds is 3. The van der Waals surface area contributed by atoms with E-state index in [1.807, 2.05) is 0 Å². The van der Waals surface area contributed by atoms with Gasteiger partial charge in [0.1, 0.15) is 0 Å². The number of aliphatic carboxylic acids is 1. The standard InChI is InChI=1S/C9H15NO4/c1-3-10(7(2)11)9(8(12)13)4-5-14-6-9/h3-6H2,1-2H3,(H,12,13). The zero-order chi connectivity index (χ0) is 10.8. The highest BCUT2D eigenvalue weighted by molar-refractivity contribution is 5.86. The maximum atomic E-state index is 11.3. The van der Waals surface area contributed by atoms with Crippen LogP contribution in [0.1, 0.15) is 20.3 Å². The van der Waals surface area contributed by atoms with Gasteiger partial charge in [0.2, 0.25) is 5.91 Å². The Morgan fingerprint density at radius 2 is 2.21 bits per heavy atom. The first kappa shape index (κ1) is 11.0. The second-order valence-electron chi connectivity index (χ2n) is 3.40. The molecule has 1 aliphatic rings. The lowest BCUT2D eigenvalue weighted by molar-refractivity contribution is -0.158. The van der Waals surface area contributed by atoms with Crippen molar-refractivity contribution in [3.8, 4) is 0 Å². The van der Waals surface area contributed by atoms with E-state index in [2.05, 4.69) is 0 Å². The minimum absolute atomic E-state index is 0.0930. The predicted octanol–water partition coefficient (Wildman–Crippen LogP) is 0.0985. The van der Waals surface area contributed by atoms with Crippen molar-refractivity contribution in [3.05, 3.63) is 0 Å². The Morgan fingerprint density at radius 3 is 2.50 bits per heavy atom. The van der Waals surface area contributed by atoms with E-state index in [9.17, 15) is 9.59 Å². The molecule has 1 amide bonds.